The van der Waals surface area contributed by atoms with Crippen molar-refractivity contribution in [1.82, 2.24) is 0 Å². The van der Waals surface area contributed by atoms with Crippen LogP contribution >= 0.6 is 0 Å². The third-order valence-electron chi connectivity index (χ3n) is 1.79. The molecule has 0 aliphatic carbocycles. The molecule has 0 N–H and O–H groups in total. The zero-order chi connectivity index (χ0) is 13.2. The number of Topliss-reactive ketones (excluding diaryl/α,β-unsaturated/α-hetero) is 1. The Bertz CT molecular complexity index is 438. The van der Waals surface area contributed by atoms with Gasteiger partial charge >= 0.3 is 12.0 Å². The second kappa shape index (κ2) is 4.40. The van der Waals surface area contributed by atoms with Crippen molar-refractivity contribution < 1.29 is 27.6 Å². The predicted molar refractivity (Wildman–Crippen MR) is 49.8 cm³/mol. The van der Waals surface area contributed by atoms with E-state index >= 15 is 0 Å². The van der Waals surface area contributed by atoms with E-state index in [2.05, 4.69) is 4.74 Å². The summed E-state index contributed by atoms with van der Waals surface area (Å²) in [6, 6.07) is 2.96. The molecule has 0 fully saturated rings. The van der Waals surface area contributed by atoms with Crippen LogP contribution in [0.15, 0.2) is 18.2 Å². The topological polar surface area (TPSA) is 69.4 Å². The molecule has 0 amide bonds. The van der Waals surface area contributed by atoms with E-state index in [9.17, 15) is 28.1 Å². The number of benzene rings is 1. The van der Waals surface area contributed by atoms with E-state index in [-0.39, 0.29) is 0 Å². The Hall–Kier alpha value is -2.12. The summed E-state index contributed by atoms with van der Waals surface area (Å²) in [6.07, 6.45) is -5.10. The van der Waals surface area contributed by atoms with E-state index in [1.165, 1.54) is 0 Å². The molecule has 1 aromatic carbocycles. The summed E-state index contributed by atoms with van der Waals surface area (Å²) in [7, 11) is 0. The Balaban J connectivity index is 3.39. The number of rotatable bonds is 3. The van der Waals surface area contributed by atoms with Gasteiger partial charge in [-0.1, -0.05) is 6.07 Å². The third-order valence-corrected chi connectivity index (χ3v) is 1.79. The van der Waals surface area contributed by atoms with Crippen LogP contribution in [0.25, 0.3) is 0 Å². The lowest BCUT2D eigenvalue weighted by Gasteiger charge is -2.11. The van der Waals surface area contributed by atoms with Gasteiger partial charge in [0.2, 0.25) is 5.75 Å². The molecule has 0 unspecified atom stereocenters. The number of hydrogen-bond donors (Lipinski definition) is 0. The van der Waals surface area contributed by atoms with E-state index in [1.54, 1.807) is 0 Å². The van der Waals surface area contributed by atoms with Crippen LogP contribution < -0.4 is 4.74 Å². The van der Waals surface area contributed by atoms with E-state index in [1.807, 2.05) is 0 Å². The molecule has 0 spiro atoms. The minimum absolute atomic E-state index is 0.489. The van der Waals surface area contributed by atoms with Gasteiger partial charge in [-0.2, -0.15) is 0 Å². The summed E-state index contributed by atoms with van der Waals surface area (Å²) in [5.74, 6) is -1.84. The molecule has 5 nitrogen and oxygen atoms in total. The van der Waals surface area contributed by atoms with Crippen molar-refractivity contribution >= 4 is 11.5 Å². The number of carbonyl (C=O) groups excluding carboxylic acids is 1. The largest absolute Gasteiger partial charge is 0.573 e. The summed E-state index contributed by atoms with van der Waals surface area (Å²) < 4.78 is 39.7. The summed E-state index contributed by atoms with van der Waals surface area (Å²) in [5.41, 5.74) is -1.40. The molecular weight excluding hydrogens is 243 g/mol. The van der Waals surface area contributed by atoms with E-state index in [4.69, 9.17) is 0 Å². The second-order valence-electron chi connectivity index (χ2n) is 3.01. The number of para-hydroxylation sites is 1. The standard InChI is InChI=1S/C9H6F3NO4/c1-5(14)6-3-2-4-7(13(15)16)8(6)17-9(10,11)12/h2-4H,1H3. The summed E-state index contributed by atoms with van der Waals surface area (Å²) in [5, 5.41) is 10.5. The molecule has 0 radical (unpaired) electrons. The zero-order valence-electron chi connectivity index (χ0n) is 8.45. The minimum Gasteiger partial charge on any atom is -0.398 e. The van der Waals surface area contributed by atoms with E-state index in [0.717, 1.165) is 25.1 Å². The lowest BCUT2D eigenvalue weighted by Crippen LogP contribution is -2.19. The number of nitrogens with zero attached hydrogens (tertiary/aromatic N) is 1. The quantitative estimate of drug-likeness (QED) is 0.469. The van der Waals surface area contributed by atoms with Crippen molar-refractivity contribution in [1.29, 1.82) is 0 Å². The fourth-order valence-electron chi connectivity index (χ4n) is 1.17. The highest BCUT2D eigenvalue weighted by Gasteiger charge is 2.36. The van der Waals surface area contributed by atoms with Crippen molar-refractivity contribution in [3.63, 3.8) is 0 Å². The van der Waals surface area contributed by atoms with Gasteiger partial charge in [-0.25, -0.2) is 0 Å². The fraction of sp³-hybridized carbons (Fsp3) is 0.222. The number of carbonyl (C=O) groups is 1. The first-order chi connectivity index (χ1) is 7.72. The average molecular weight is 249 g/mol. The van der Waals surface area contributed by atoms with Crippen LogP contribution in [0.3, 0.4) is 0 Å². The first kappa shape index (κ1) is 12.9. The summed E-state index contributed by atoms with van der Waals surface area (Å²) in [4.78, 5) is 20.5. The number of ether oxygens (including phenoxy) is 1. The Morgan fingerprint density at radius 1 is 1.41 bits per heavy atom. The van der Waals surface area contributed by atoms with Crippen molar-refractivity contribution in [3.8, 4) is 5.75 Å². The van der Waals surface area contributed by atoms with Gasteiger partial charge in [0.05, 0.1) is 10.5 Å². The molecule has 92 valence electrons. The number of nitro groups is 1. The van der Waals surface area contributed by atoms with Gasteiger partial charge in [-0.15, -0.1) is 13.2 Å². The minimum atomic E-state index is -5.10. The van der Waals surface area contributed by atoms with Gasteiger partial charge in [-0.05, 0) is 13.0 Å². The normalized spacial score (nSPS) is 11.1. The highest BCUT2D eigenvalue weighted by Crippen LogP contribution is 2.35. The molecule has 0 aliphatic rings. The highest BCUT2D eigenvalue weighted by molar-refractivity contribution is 5.98. The van der Waals surface area contributed by atoms with Gasteiger partial charge in [0.25, 0.3) is 0 Å². The number of ketones is 1. The zero-order valence-corrected chi connectivity index (χ0v) is 8.45. The smallest absolute Gasteiger partial charge is 0.398 e. The van der Waals surface area contributed by atoms with Gasteiger partial charge < -0.3 is 4.74 Å². The molecule has 0 atom stereocenters. The van der Waals surface area contributed by atoms with Crippen LogP contribution in [0.1, 0.15) is 17.3 Å². The van der Waals surface area contributed by atoms with Crippen molar-refractivity contribution in [2.45, 2.75) is 13.3 Å². The maximum absolute atomic E-state index is 12.1. The second-order valence-corrected chi connectivity index (χ2v) is 3.01. The van der Waals surface area contributed by atoms with Crippen LogP contribution in [0.5, 0.6) is 5.75 Å². The number of nitro benzene ring substituents is 1. The van der Waals surface area contributed by atoms with Crippen LogP contribution in [-0.2, 0) is 0 Å². The van der Waals surface area contributed by atoms with Crippen molar-refractivity contribution in [2.75, 3.05) is 0 Å². The first-order valence-corrected chi connectivity index (χ1v) is 4.26. The maximum atomic E-state index is 12.1. The average Bonchev–Trinajstić information content (AvgIpc) is 2.14. The van der Waals surface area contributed by atoms with Gasteiger partial charge in [0, 0.05) is 6.07 Å². The predicted octanol–water partition coefficient (Wildman–Crippen LogP) is 2.70. The molecular formula is C9H6F3NO4. The van der Waals surface area contributed by atoms with Gasteiger partial charge in [0.15, 0.2) is 5.78 Å². The third kappa shape index (κ3) is 3.16. The fourth-order valence-corrected chi connectivity index (χ4v) is 1.17. The molecule has 8 heteroatoms. The Morgan fingerprint density at radius 3 is 2.41 bits per heavy atom. The van der Waals surface area contributed by atoms with Gasteiger partial charge in [0.1, 0.15) is 0 Å². The SMILES string of the molecule is CC(=O)c1cccc([N+](=O)[O-])c1OC(F)(F)F. The van der Waals surface area contributed by atoms with E-state index in [0.29, 0.717) is 0 Å². The molecule has 1 rings (SSSR count). The van der Waals surface area contributed by atoms with Crippen LogP contribution in [0.2, 0.25) is 0 Å². The number of hydrogen-bond acceptors (Lipinski definition) is 4. The summed E-state index contributed by atoms with van der Waals surface area (Å²) in [6.45, 7) is 0.988. The monoisotopic (exact) mass is 249 g/mol. The first-order valence-electron chi connectivity index (χ1n) is 4.26. The van der Waals surface area contributed by atoms with Crippen molar-refractivity contribution in [2.24, 2.45) is 0 Å². The van der Waals surface area contributed by atoms with Crippen LogP contribution in [-0.4, -0.2) is 17.1 Å². The highest BCUT2D eigenvalue weighted by atomic mass is 19.4. The van der Waals surface area contributed by atoms with Crippen LogP contribution in [0, 0.1) is 10.1 Å². The molecule has 1 aromatic rings. The Morgan fingerprint density at radius 2 is 2.00 bits per heavy atom. The molecule has 17 heavy (non-hydrogen) atoms. The lowest BCUT2D eigenvalue weighted by atomic mass is 10.1. The number of halogens is 3. The molecule has 0 saturated carbocycles. The molecule has 0 aliphatic heterocycles. The van der Waals surface area contributed by atoms with Gasteiger partial charge in [-0.3, -0.25) is 14.9 Å². The Labute approximate surface area is 93.0 Å². The van der Waals surface area contributed by atoms with Crippen molar-refractivity contribution in [3.05, 3.63) is 33.9 Å². The molecule has 0 bridgehead atoms. The van der Waals surface area contributed by atoms with Crippen LogP contribution in [0.4, 0.5) is 18.9 Å². The molecule has 0 aromatic heterocycles. The Kier molecular flexibility index (Phi) is 3.35. The maximum Gasteiger partial charge on any atom is 0.573 e. The van der Waals surface area contributed by atoms with E-state index < -0.39 is 34.1 Å². The molecule has 0 saturated heterocycles. The molecule has 0 heterocycles. The lowest BCUT2D eigenvalue weighted by molar-refractivity contribution is -0.388. The number of alkyl halides is 3. The summed E-state index contributed by atoms with van der Waals surface area (Å²) >= 11 is 0.